The summed E-state index contributed by atoms with van der Waals surface area (Å²) in [5.41, 5.74) is -0.726. The summed E-state index contributed by atoms with van der Waals surface area (Å²) in [7, 11) is 0. The maximum atomic E-state index is 13.6. The highest BCUT2D eigenvalue weighted by molar-refractivity contribution is 5.98. The minimum absolute atomic E-state index is 0.233. The molecule has 0 radical (unpaired) electrons. The molecule has 2 N–H and O–H groups in total. The zero-order valence-corrected chi connectivity index (χ0v) is 12.5. The first kappa shape index (κ1) is 17.8. The number of carbonyl (C=O) groups is 3. The molecule has 0 bridgehead atoms. The quantitative estimate of drug-likeness (QED) is 0.806. The van der Waals surface area contributed by atoms with Crippen molar-refractivity contribution in [3.8, 4) is 0 Å². The lowest BCUT2D eigenvalue weighted by atomic mass is 10.1. The van der Waals surface area contributed by atoms with E-state index in [0.29, 0.717) is 18.9 Å². The van der Waals surface area contributed by atoms with Crippen LogP contribution in [0.5, 0.6) is 0 Å². The monoisotopic (exact) mass is 344 g/mol. The summed E-state index contributed by atoms with van der Waals surface area (Å²) in [5.74, 6) is -6.94. The van der Waals surface area contributed by atoms with E-state index in [9.17, 15) is 27.6 Å². The minimum atomic E-state index is -1.43. The molecule has 1 aliphatic heterocycles. The van der Waals surface area contributed by atoms with Crippen LogP contribution in [0.2, 0.25) is 0 Å². The molecular formula is C15H15F3N2O4. The molecule has 1 aliphatic rings. The van der Waals surface area contributed by atoms with Crippen molar-refractivity contribution in [2.45, 2.75) is 25.3 Å². The Bertz CT molecular complexity index is 681. The molecule has 9 heteroatoms. The highest BCUT2D eigenvalue weighted by atomic mass is 19.2. The van der Waals surface area contributed by atoms with Crippen molar-refractivity contribution in [1.29, 1.82) is 0 Å². The summed E-state index contributed by atoms with van der Waals surface area (Å²) >= 11 is 0. The van der Waals surface area contributed by atoms with Crippen molar-refractivity contribution in [2.24, 2.45) is 0 Å². The Kier molecular flexibility index (Phi) is 5.42. The molecule has 2 rings (SSSR count). The molecule has 1 fully saturated rings. The highest BCUT2D eigenvalue weighted by Gasteiger charge is 2.30. The van der Waals surface area contributed by atoms with Gasteiger partial charge in [-0.2, -0.15) is 0 Å². The van der Waals surface area contributed by atoms with E-state index in [-0.39, 0.29) is 19.0 Å². The van der Waals surface area contributed by atoms with Crippen molar-refractivity contribution in [3.05, 3.63) is 35.1 Å². The molecule has 1 aromatic carbocycles. The molecule has 0 saturated carbocycles. The Balaban J connectivity index is 2.16. The van der Waals surface area contributed by atoms with Crippen LogP contribution in [-0.4, -0.2) is 46.9 Å². The van der Waals surface area contributed by atoms with Gasteiger partial charge >= 0.3 is 5.97 Å². The van der Waals surface area contributed by atoms with Gasteiger partial charge in [-0.1, -0.05) is 0 Å². The maximum absolute atomic E-state index is 13.6. The van der Waals surface area contributed by atoms with E-state index in [2.05, 4.69) is 5.32 Å². The van der Waals surface area contributed by atoms with Crippen LogP contribution in [0.3, 0.4) is 0 Å². The Morgan fingerprint density at radius 2 is 1.83 bits per heavy atom. The fourth-order valence-electron chi connectivity index (χ4n) is 2.49. The molecule has 0 aliphatic carbocycles. The number of nitrogens with zero attached hydrogens (tertiary/aromatic N) is 1. The van der Waals surface area contributed by atoms with Crippen LogP contribution in [-0.2, 0) is 9.59 Å². The van der Waals surface area contributed by atoms with Gasteiger partial charge in [0.1, 0.15) is 18.4 Å². The number of hydrogen-bond acceptors (Lipinski definition) is 3. The van der Waals surface area contributed by atoms with E-state index in [0.717, 1.165) is 4.90 Å². The standard InChI is InChI=1S/C15H15F3N2O4/c16-9-6-11(18)10(17)5-8(9)14(23)19-12-3-1-2-4-20(15(12)24)7-13(21)22/h5-6,12H,1-4,7H2,(H,19,23)(H,21,22). The van der Waals surface area contributed by atoms with Gasteiger partial charge in [-0.05, 0) is 25.3 Å². The summed E-state index contributed by atoms with van der Waals surface area (Å²) in [6.07, 6.45) is 1.35. The molecule has 2 amide bonds. The first-order valence-electron chi connectivity index (χ1n) is 7.25. The third-order valence-corrected chi connectivity index (χ3v) is 3.67. The van der Waals surface area contributed by atoms with Crippen molar-refractivity contribution in [3.63, 3.8) is 0 Å². The van der Waals surface area contributed by atoms with Crippen LogP contribution < -0.4 is 5.32 Å². The molecule has 1 unspecified atom stereocenters. The Morgan fingerprint density at radius 1 is 1.17 bits per heavy atom. The molecule has 0 spiro atoms. The lowest BCUT2D eigenvalue weighted by Crippen LogP contribution is -2.48. The first-order chi connectivity index (χ1) is 11.3. The van der Waals surface area contributed by atoms with Crippen LogP contribution in [0.15, 0.2) is 12.1 Å². The molecule has 0 aromatic heterocycles. The SMILES string of the molecule is O=C(O)CN1CCCCC(NC(=O)c2cc(F)c(F)cc2F)C1=O. The second kappa shape index (κ2) is 7.33. The normalized spacial score (nSPS) is 18.2. The Morgan fingerprint density at radius 3 is 2.50 bits per heavy atom. The third kappa shape index (κ3) is 4.03. The van der Waals surface area contributed by atoms with Gasteiger partial charge in [0.2, 0.25) is 5.91 Å². The van der Waals surface area contributed by atoms with E-state index in [4.69, 9.17) is 5.11 Å². The minimum Gasteiger partial charge on any atom is -0.480 e. The summed E-state index contributed by atoms with van der Waals surface area (Å²) in [4.78, 5) is 36.2. The number of carboxylic acids is 1. The van der Waals surface area contributed by atoms with E-state index in [1.807, 2.05) is 0 Å². The zero-order chi connectivity index (χ0) is 17.9. The Hall–Kier alpha value is -2.58. The fourth-order valence-corrected chi connectivity index (χ4v) is 2.49. The van der Waals surface area contributed by atoms with Crippen molar-refractivity contribution >= 4 is 17.8 Å². The summed E-state index contributed by atoms with van der Waals surface area (Å²) in [6, 6.07) is -0.390. The number of amides is 2. The van der Waals surface area contributed by atoms with Crippen molar-refractivity contribution in [1.82, 2.24) is 10.2 Å². The van der Waals surface area contributed by atoms with Gasteiger partial charge in [0.05, 0.1) is 5.56 Å². The van der Waals surface area contributed by atoms with Crippen LogP contribution >= 0.6 is 0 Å². The molecular weight excluding hydrogens is 329 g/mol. The predicted octanol–water partition coefficient (Wildman–Crippen LogP) is 1.30. The Labute approximate surface area is 135 Å². The van der Waals surface area contributed by atoms with Crippen molar-refractivity contribution < 1.29 is 32.7 Å². The average Bonchev–Trinajstić information content (AvgIpc) is 2.66. The fraction of sp³-hybridized carbons (Fsp3) is 0.400. The van der Waals surface area contributed by atoms with E-state index in [1.165, 1.54) is 0 Å². The highest BCUT2D eigenvalue weighted by Crippen LogP contribution is 2.16. The number of aliphatic carboxylic acids is 1. The van der Waals surface area contributed by atoms with Crippen LogP contribution in [0.1, 0.15) is 29.6 Å². The second-order valence-electron chi connectivity index (χ2n) is 5.42. The van der Waals surface area contributed by atoms with E-state index >= 15 is 0 Å². The van der Waals surface area contributed by atoms with Crippen LogP contribution in [0.25, 0.3) is 0 Å². The summed E-state index contributed by atoms with van der Waals surface area (Å²) < 4.78 is 39.7. The van der Waals surface area contributed by atoms with Gasteiger partial charge in [0, 0.05) is 12.6 Å². The number of carbonyl (C=O) groups excluding carboxylic acids is 2. The number of halogens is 3. The molecule has 1 heterocycles. The molecule has 1 aromatic rings. The number of hydrogen-bond donors (Lipinski definition) is 2. The van der Waals surface area contributed by atoms with Crippen LogP contribution in [0, 0.1) is 17.5 Å². The maximum Gasteiger partial charge on any atom is 0.323 e. The topological polar surface area (TPSA) is 86.7 Å². The smallest absolute Gasteiger partial charge is 0.323 e. The summed E-state index contributed by atoms with van der Waals surface area (Å²) in [5, 5.41) is 11.1. The largest absolute Gasteiger partial charge is 0.480 e. The third-order valence-electron chi connectivity index (χ3n) is 3.67. The van der Waals surface area contributed by atoms with Gasteiger partial charge in [0.25, 0.3) is 5.91 Å². The van der Waals surface area contributed by atoms with Gasteiger partial charge in [0.15, 0.2) is 11.6 Å². The first-order valence-corrected chi connectivity index (χ1v) is 7.25. The van der Waals surface area contributed by atoms with Crippen molar-refractivity contribution in [2.75, 3.05) is 13.1 Å². The molecule has 24 heavy (non-hydrogen) atoms. The molecule has 130 valence electrons. The number of benzene rings is 1. The predicted molar refractivity (Wildman–Crippen MR) is 75.6 cm³/mol. The molecule has 1 atom stereocenters. The average molecular weight is 344 g/mol. The van der Waals surface area contributed by atoms with E-state index < -0.39 is 53.4 Å². The number of carboxylic acid groups (broad SMARTS) is 1. The number of nitrogens with one attached hydrogen (secondary N) is 1. The molecule has 1 saturated heterocycles. The lowest BCUT2D eigenvalue weighted by Gasteiger charge is -2.23. The van der Waals surface area contributed by atoms with Gasteiger partial charge < -0.3 is 15.3 Å². The number of likely N-dealkylation sites (tertiary alicyclic amines) is 1. The lowest BCUT2D eigenvalue weighted by molar-refractivity contribution is -0.144. The zero-order valence-electron chi connectivity index (χ0n) is 12.5. The van der Waals surface area contributed by atoms with Gasteiger partial charge in [-0.25, -0.2) is 13.2 Å². The van der Waals surface area contributed by atoms with Gasteiger partial charge in [-0.3, -0.25) is 14.4 Å². The second-order valence-corrected chi connectivity index (χ2v) is 5.42. The van der Waals surface area contributed by atoms with Crippen LogP contribution in [0.4, 0.5) is 13.2 Å². The van der Waals surface area contributed by atoms with Gasteiger partial charge in [-0.15, -0.1) is 0 Å². The molecule has 6 nitrogen and oxygen atoms in total. The van der Waals surface area contributed by atoms with E-state index in [1.54, 1.807) is 0 Å². The number of rotatable bonds is 4. The summed E-state index contributed by atoms with van der Waals surface area (Å²) in [6.45, 7) is -0.276.